The molecule has 3 rings (SSSR count). The molecule has 1 aromatic rings. The van der Waals surface area contributed by atoms with Crippen molar-refractivity contribution in [3.8, 4) is 6.01 Å². The topological polar surface area (TPSA) is 70.6 Å². The maximum atomic E-state index is 12.6. The molecule has 1 N–H and O–H groups in total. The Bertz CT molecular complexity index is 644. The first-order valence-electron chi connectivity index (χ1n) is 10.6. The third-order valence-electron chi connectivity index (χ3n) is 6.36. The van der Waals surface area contributed by atoms with Crippen molar-refractivity contribution in [2.75, 3.05) is 39.1 Å². The highest BCUT2D eigenvalue weighted by Gasteiger charge is 2.29. The molecular formula is C21H35N5O2. The molecule has 1 saturated carbocycles. The molecule has 1 aliphatic heterocycles. The van der Waals surface area contributed by atoms with E-state index in [1.54, 1.807) is 0 Å². The lowest BCUT2D eigenvalue weighted by Gasteiger charge is -2.41. The number of nitrogens with zero attached hydrogens (tertiary/aromatic N) is 4. The molecule has 156 valence electrons. The van der Waals surface area contributed by atoms with Crippen molar-refractivity contribution < 1.29 is 9.53 Å². The summed E-state index contributed by atoms with van der Waals surface area (Å²) in [6.45, 7) is 5.99. The third kappa shape index (κ3) is 4.93. The van der Waals surface area contributed by atoms with Gasteiger partial charge in [0, 0.05) is 39.3 Å². The Labute approximate surface area is 168 Å². The number of hydrogen-bond acceptors (Lipinski definition) is 6. The molecule has 1 aliphatic carbocycles. The number of amides is 1. The molecule has 0 aromatic carbocycles. The van der Waals surface area contributed by atoms with Crippen LogP contribution in [0, 0.1) is 13.8 Å². The van der Waals surface area contributed by atoms with E-state index < -0.39 is 0 Å². The van der Waals surface area contributed by atoms with Crippen molar-refractivity contribution in [3.63, 3.8) is 0 Å². The molecule has 7 heteroatoms. The average Bonchev–Trinajstić information content (AvgIpc) is 2.72. The number of carbonyl (C=O) groups is 1. The molecular weight excluding hydrogens is 354 g/mol. The van der Waals surface area contributed by atoms with Gasteiger partial charge in [-0.2, -0.15) is 9.97 Å². The van der Waals surface area contributed by atoms with E-state index in [2.05, 4.69) is 20.2 Å². The summed E-state index contributed by atoms with van der Waals surface area (Å²) < 4.78 is 5.61. The van der Waals surface area contributed by atoms with E-state index in [0.717, 1.165) is 49.0 Å². The highest BCUT2D eigenvalue weighted by molar-refractivity contribution is 5.77. The van der Waals surface area contributed by atoms with Gasteiger partial charge >= 0.3 is 6.01 Å². The second kappa shape index (κ2) is 9.54. The van der Waals surface area contributed by atoms with Gasteiger partial charge in [0.2, 0.25) is 0 Å². The van der Waals surface area contributed by atoms with Gasteiger partial charge in [0.1, 0.15) is 0 Å². The van der Waals surface area contributed by atoms with Crippen molar-refractivity contribution in [3.05, 3.63) is 11.4 Å². The Morgan fingerprint density at radius 1 is 1.11 bits per heavy atom. The fraction of sp³-hybridized carbons (Fsp3) is 0.762. The summed E-state index contributed by atoms with van der Waals surface area (Å²) >= 11 is 0. The van der Waals surface area contributed by atoms with Crippen molar-refractivity contribution >= 4 is 11.6 Å². The normalized spacial score (nSPS) is 19.4. The van der Waals surface area contributed by atoms with E-state index in [4.69, 9.17) is 4.74 Å². The highest BCUT2D eigenvalue weighted by atomic mass is 16.5. The van der Waals surface area contributed by atoms with Crippen LogP contribution < -0.4 is 10.1 Å². The minimum atomic E-state index is -0.0167. The van der Waals surface area contributed by atoms with E-state index in [9.17, 15) is 4.79 Å². The summed E-state index contributed by atoms with van der Waals surface area (Å²) in [5.41, 5.74) is 2.54. The Hall–Kier alpha value is -1.89. The summed E-state index contributed by atoms with van der Waals surface area (Å²) in [4.78, 5) is 25.8. The monoisotopic (exact) mass is 389 g/mol. The minimum absolute atomic E-state index is 0.00674. The number of anilines is 1. The number of rotatable bonds is 6. The fourth-order valence-corrected chi connectivity index (χ4v) is 4.63. The maximum Gasteiger partial charge on any atom is 0.317 e. The first kappa shape index (κ1) is 20.8. The molecule has 2 aliphatic rings. The van der Waals surface area contributed by atoms with Gasteiger partial charge in [-0.1, -0.05) is 19.3 Å². The molecule has 2 heterocycles. The van der Waals surface area contributed by atoms with Gasteiger partial charge < -0.3 is 19.9 Å². The zero-order valence-corrected chi connectivity index (χ0v) is 17.8. The number of hydrogen-bond donors (Lipinski definition) is 1. The Balaban J connectivity index is 1.47. The number of piperidine rings is 1. The summed E-state index contributed by atoms with van der Waals surface area (Å²) in [7, 11) is 3.74. The molecule has 1 saturated heterocycles. The van der Waals surface area contributed by atoms with Crippen molar-refractivity contribution in [2.45, 2.75) is 70.9 Å². The van der Waals surface area contributed by atoms with Gasteiger partial charge in [-0.15, -0.1) is 0 Å². The molecule has 0 radical (unpaired) electrons. The standard InChI is InChI=1S/C21H35N5O2/c1-15-20(22-3)16(2)24-21(23-15)28-14-19(27)25(4)17-10-12-26(13-11-17)18-8-6-5-7-9-18/h17-18,22H,5-14H2,1-4H3. The van der Waals surface area contributed by atoms with Crippen LogP contribution in [0.25, 0.3) is 0 Å². The van der Waals surface area contributed by atoms with Crippen LogP contribution >= 0.6 is 0 Å². The van der Waals surface area contributed by atoms with Crippen LogP contribution in [0.5, 0.6) is 6.01 Å². The van der Waals surface area contributed by atoms with Gasteiger partial charge in [-0.3, -0.25) is 4.79 Å². The summed E-state index contributed by atoms with van der Waals surface area (Å²) in [6.07, 6.45) is 8.92. The van der Waals surface area contributed by atoms with Gasteiger partial charge in [0.05, 0.1) is 17.1 Å². The molecule has 28 heavy (non-hydrogen) atoms. The number of aromatic nitrogens is 2. The van der Waals surface area contributed by atoms with Crippen LogP contribution in [0.1, 0.15) is 56.3 Å². The van der Waals surface area contributed by atoms with E-state index >= 15 is 0 Å². The summed E-state index contributed by atoms with van der Waals surface area (Å²) in [5, 5.41) is 3.08. The Morgan fingerprint density at radius 2 is 1.71 bits per heavy atom. The van der Waals surface area contributed by atoms with E-state index in [1.165, 1.54) is 32.1 Å². The van der Waals surface area contributed by atoms with Gasteiger partial charge in [-0.05, 0) is 39.5 Å². The predicted molar refractivity (Wildman–Crippen MR) is 111 cm³/mol. The second-order valence-corrected chi connectivity index (χ2v) is 8.15. The lowest BCUT2D eigenvalue weighted by molar-refractivity contribution is -0.135. The molecule has 0 unspecified atom stereocenters. The van der Waals surface area contributed by atoms with E-state index in [1.807, 2.05) is 32.8 Å². The molecule has 2 fully saturated rings. The van der Waals surface area contributed by atoms with Crippen molar-refractivity contribution in [1.29, 1.82) is 0 Å². The van der Waals surface area contributed by atoms with Crippen LogP contribution in [-0.2, 0) is 4.79 Å². The fourth-order valence-electron chi connectivity index (χ4n) is 4.63. The van der Waals surface area contributed by atoms with Crippen molar-refractivity contribution in [2.24, 2.45) is 0 Å². The quantitative estimate of drug-likeness (QED) is 0.807. The van der Waals surface area contributed by atoms with E-state index in [-0.39, 0.29) is 18.5 Å². The van der Waals surface area contributed by atoms with Gasteiger partial charge in [0.25, 0.3) is 5.91 Å². The first-order valence-corrected chi connectivity index (χ1v) is 10.6. The number of aryl methyl sites for hydroxylation is 2. The molecule has 0 spiro atoms. The van der Waals surface area contributed by atoms with Gasteiger partial charge in [0.15, 0.2) is 6.61 Å². The second-order valence-electron chi connectivity index (χ2n) is 8.15. The smallest absolute Gasteiger partial charge is 0.317 e. The zero-order chi connectivity index (χ0) is 20.1. The van der Waals surface area contributed by atoms with Crippen molar-refractivity contribution in [1.82, 2.24) is 19.8 Å². The Kier molecular flexibility index (Phi) is 7.10. The number of ether oxygens (including phenoxy) is 1. The van der Waals surface area contributed by atoms with Crippen LogP contribution in [0.4, 0.5) is 5.69 Å². The molecule has 1 amide bonds. The van der Waals surface area contributed by atoms with Crippen LogP contribution in [0.15, 0.2) is 0 Å². The zero-order valence-electron chi connectivity index (χ0n) is 17.8. The highest BCUT2D eigenvalue weighted by Crippen LogP contribution is 2.26. The summed E-state index contributed by atoms with van der Waals surface area (Å²) in [5.74, 6) is -0.00674. The number of carbonyl (C=O) groups excluding carboxylic acids is 1. The van der Waals surface area contributed by atoms with E-state index in [0.29, 0.717) is 6.04 Å². The minimum Gasteiger partial charge on any atom is -0.453 e. The maximum absolute atomic E-state index is 12.6. The molecule has 7 nitrogen and oxygen atoms in total. The first-order chi connectivity index (χ1) is 13.5. The number of nitrogens with one attached hydrogen (secondary N) is 1. The summed E-state index contributed by atoms with van der Waals surface area (Å²) in [6, 6.07) is 1.33. The van der Waals surface area contributed by atoms with Gasteiger partial charge in [-0.25, -0.2) is 0 Å². The van der Waals surface area contributed by atoms with Crippen LogP contribution in [0.3, 0.4) is 0 Å². The largest absolute Gasteiger partial charge is 0.453 e. The predicted octanol–water partition coefficient (Wildman–Crippen LogP) is 2.77. The Morgan fingerprint density at radius 3 is 2.29 bits per heavy atom. The molecule has 0 atom stereocenters. The lowest BCUT2D eigenvalue weighted by atomic mass is 9.92. The average molecular weight is 390 g/mol. The third-order valence-corrected chi connectivity index (χ3v) is 6.36. The molecule has 1 aromatic heterocycles. The number of likely N-dealkylation sites (tertiary alicyclic amines) is 1. The lowest BCUT2D eigenvalue weighted by Crippen LogP contribution is -2.49. The number of likely N-dealkylation sites (N-methyl/N-ethyl adjacent to an activating group) is 1. The van der Waals surface area contributed by atoms with Crippen LogP contribution in [-0.4, -0.2) is 71.6 Å². The van der Waals surface area contributed by atoms with Crippen LogP contribution in [0.2, 0.25) is 0 Å². The molecule has 0 bridgehead atoms. The SMILES string of the molecule is CNc1c(C)nc(OCC(=O)N(C)C2CCN(C3CCCCC3)CC2)nc1C.